The minimum Gasteiger partial charge on any atom is -0.314 e. The molecular formula is C29H50N4P2. The molecule has 7 aliphatic rings. The van der Waals surface area contributed by atoms with Crippen molar-refractivity contribution in [3.05, 3.63) is 23.8 Å². The molecule has 5 aliphatic carbocycles. The van der Waals surface area contributed by atoms with Gasteiger partial charge in [-0.25, -0.2) is 0 Å². The van der Waals surface area contributed by atoms with Crippen LogP contribution in [0.1, 0.15) is 59.3 Å². The molecule has 0 amide bonds. The van der Waals surface area contributed by atoms with Gasteiger partial charge in [0, 0.05) is 67.6 Å². The summed E-state index contributed by atoms with van der Waals surface area (Å²) in [6.45, 7) is 13.9. The van der Waals surface area contributed by atoms with Crippen molar-refractivity contribution in [1.29, 1.82) is 0 Å². The van der Waals surface area contributed by atoms with Crippen LogP contribution in [-0.4, -0.2) is 61.7 Å². The van der Waals surface area contributed by atoms with Gasteiger partial charge in [-0.15, -0.1) is 18.5 Å². The summed E-state index contributed by atoms with van der Waals surface area (Å²) in [6.07, 6.45) is 16.4. The highest BCUT2D eigenvalue weighted by molar-refractivity contribution is 7.20. The van der Waals surface area contributed by atoms with Crippen LogP contribution < -0.4 is 21.3 Å². The van der Waals surface area contributed by atoms with Gasteiger partial charge in [-0.2, -0.15) is 0 Å². The topological polar surface area (TPSA) is 48.1 Å². The van der Waals surface area contributed by atoms with E-state index in [2.05, 4.69) is 78.7 Å². The minimum atomic E-state index is -0.0373. The molecule has 2 heterocycles. The molecule has 6 fully saturated rings. The zero-order valence-corrected chi connectivity index (χ0v) is 24.6. The van der Waals surface area contributed by atoms with E-state index in [-0.39, 0.29) is 15.7 Å². The van der Waals surface area contributed by atoms with E-state index in [1.165, 1.54) is 38.5 Å². The summed E-state index contributed by atoms with van der Waals surface area (Å²) in [5.74, 6) is 3.36. The normalized spacial score (nSPS) is 44.7. The van der Waals surface area contributed by atoms with Gasteiger partial charge in [-0.3, -0.25) is 0 Å². The lowest BCUT2D eigenvalue weighted by atomic mass is 9.41. The van der Waals surface area contributed by atoms with Crippen LogP contribution in [0, 0.1) is 34.5 Å². The molecule has 2 saturated heterocycles. The SMILES string of the molecule is CC(C)(C)C(P)(C1C=CC=C1C(P)(C1CNCCN1)C1CNCCN1)C12CC3CC(CC(C3)C1)C2. The van der Waals surface area contributed by atoms with Crippen LogP contribution in [0.5, 0.6) is 0 Å². The van der Waals surface area contributed by atoms with Gasteiger partial charge in [-0.05, 0) is 72.7 Å². The van der Waals surface area contributed by atoms with E-state index in [1.807, 2.05) is 0 Å². The maximum Gasteiger partial charge on any atom is 0.0395 e. The second-order valence-electron chi connectivity index (χ2n) is 14.2. The number of hydrogen-bond acceptors (Lipinski definition) is 4. The first-order chi connectivity index (χ1) is 16.7. The first-order valence-electron chi connectivity index (χ1n) is 14.5. The van der Waals surface area contributed by atoms with Crippen LogP contribution in [0.15, 0.2) is 23.8 Å². The van der Waals surface area contributed by atoms with Crippen LogP contribution in [-0.2, 0) is 0 Å². The second-order valence-corrected chi connectivity index (χ2v) is 16.0. The van der Waals surface area contributed by atoms with E-state index in [0.29, 0.717) is 23.4 Å². The van der Waals surface area contributed by atoms with Gasteiger partial charge in [-0.1, -0.05) is 39.0 Å². The quantitative estimate of drug-likeness (QED) is 0.421. The Morgan fingerprint density at radius 1 is 0.800 bits per heavy atom. The molecule has 35 heavy (non-hydrogen) atoms. The molecule has 0 aromatic heterocycles. The Bertz CT molecular complexity index is 811. The molecular weight excluding hydrogens is 466 g/mol. The minimum absolute atomic E-state index is 0.0373. The standard InChI is InChI=1S/C29H50N4P2/c1-26(2,3)29(35,27-14-19-11-20(15-27)13-21(12-19)16-27)23-6-4-5-22(23)28(34,24-17-30-7-9-32-24)25-18-31-8-10-33-25/h4-6,19-21,23-25,30-33H,7-18,34-35H2,1-3H3. The zero-order valence-electron chi connectivity index (χ0n) is 22.3. The van der Waals surface area contributed by atoms with Crippen LogP contribution in [0.4, 0.5) is 0 Å². The maximum absolute atomic E-state index is 3.95. The lowest BCUT2D eigenvalue weighted by Gasteiger charge is -2.68. The molecule has 6 unspecified atom stereocenters. The van der Waals surface area contributed by atoms with E-state index in [1.54, 1.807) is 5.57 Å². The van der Waals surface area contributed by atoms with Crippen molar-refractivity contribution in [3.8, 4) is 0 Å². The lowest BCUT2D eigenvalue weighted by molar-refractivity contribution is -0.106. The Morgan fingerprint density at radius 2 is 1.31 bits per heavy atom. The fourth-order valence-electron chi connectivity index (χ4n) is 10.1. The average molecular weight is 517 g/mol. The Kier molecular flexibility index (Phi) is 6.64. The monoisotopic (exact) mass is 516 g/mol. The van der Waals surface area contributed by atoms with Gasteiger partial charge in [0.2, 0.25) is 0 Å². The number of rotatable bonds is 5. The van der Waals surface area contributed by atoms with Crippen molar-refractivity contribution in [1.82, 2.24) is 21.3 Å². The van der Waals surface area contributed by atoms with E-state index in [0.717, 1.165) is 57.0 Å². The van der Waals surface area contributed by atoms with Gasteiger partial charge < -0.3 is 21.3 Å². The third-order valence-corrected chi connectivity index (χ3v) is 14.3. The average Bonchev–Trinajstić information content (AvgIpc) is 3.33. The van der Waals surface area contributed by atoms with Crippen molar-refractivity contribution in [2.24, 2.45) is 34.5 Å². The Balaban J connectivity index is 1.43. The van der Waals surface area contributed by atoms with Gasteiger partial charge in [0.05, 0.1) is 0 Å². The molecule has 2 aliphatic heterocycles. The predicted molar refractivity (Wildman–Crippen MR) is 155 cm³/mol. The van der Waals surface area contributed by atoms with E-state index >= 15 is 0 Å². The smallest absolute Gasteiger partial charge is 0.0395 e. The number of hydrogen-bond donors (Lipinski definition) is 4. The van der Waals surface area contributed by atoms with E-state index < -0.39 is 0 Å². The second kappa shape index (κ2) is 9.14. The molecule has 4 N–H and O–H groups in total. The summed E-state index contributed by atoms with van der Waals surface area (Å²) >= 11 is 0. The lowest BCUT2D eigenvalue weighted by Crippen LogP contribution is -2.71. The van der Waals surface area contributed by atoms with Crippen LogP contribution in [0.3, 0.4) is 0 Å². The summed E-state index contributed by atoms with van der Waals surface area (Å²) in [5.41, 5.74) is 2.28. The molecule has 0 aromatic carbocycles. The number of nitrogens with one attached hydrogen (secondary N) is 4. The molecule has 196 valence electrons. The van der Waals surface area contributed by atoms with Crippen molar-refractivity contribution >= 4 is 18.5 Å². The molecule has 7 rings (SSSR count). The highest BCUT2D eigenvalue weighted by Gasteiger charge is 2.66. The highest BCUT2D eigenvalue weighted by Crippen LogP contribution is 2.72. The first kappa shape index (κ1) is 25.5. The van der Waals surface area contributed by atoms with Crippen LogP contribution >= 0.6 is 18.5 Å². The Hall–Kier alpha value is 0.180. The predicted octanol–water partition coefficient (Wildman–Crippen LogP) is 3.71. The molecule has 4 bridgehead atoms. The molecule has 0 spiro atoms. The van der Waals surface area contributed by atoms with Crippen molar-refractivity contribution in [2.75, 3.05) is 39.3 Å². The fraction of sp³-hybridized carbons (Fsp3) is 0.862. The van der Waals surface area contributed by atoms with Gasteiger partial charge in [0.15, 0.2) is 0 Å². The van der Waals surface area contributed by atoms with E-state index in [4.69, 9.17) is 0 Å². The van der Waals surface area contributed by atoms with E-state index in [9.17, 15) is 0 Å². The molecule has 4 saturated carbocycles. The molecule has 0 radical (unpaired) electrons. The Labute approximate surface area is 218 Å². The molecule has 6 heteroatoms. The van der Waals surface area contributed by atoms with Crippen molar-refractivity contribution in [2.45, 2.75) is 81.7 Å². The molecule has 6 atom stereocenters. The van der Waals surface area contributed by atoms with Crippen LogP contribution in [0.2, 0.25) is 0 Å². The first-order valence-corrected chi connectivity index (χ1v) is 15.7. The van der Waals surface area contributed by atoms with Crippen LogP contribution in [0.25, 0.3) is 0 Å². The number of piperazine rings is 2. The fourth-order valence-corrected chi connectivity index (χ4v) is 11.5. The highest BCUT2D eigenvalue weighted by atomic mass is 31.0. The summed E-state index contributed by atoms with van der Waals surface area (Å²) in [7, 11) is 7.07. The van der Waals surface area contributed by atoms with Gasteiger partial charge in [0.1, 0.15) is 0 Å². The summed E-state index contributed by atoms with van der Waals surface area (Å²) in [5, 5.41) is 15.5. The maximum atomic E-state index is 3.95. The summed E-state index contributed by atoms with van der Waals surface area (Å²) in [4.78, 5) is 0. The third-order valence-electron chi connectivity index (χ3n) is 11.3. The number of allylic oxidation sites excluding steroid dienone is 3. The van der Waals surface area contributed by atoms with Crippen molar-refractivity contribution in [3.63, 3.8) is 0 Å². The van der Waals surface area contributed by atoms with Gasteiger partial charge in [0.25, 0.3) is 0 Å². The molecule has 4 nitrogen and oxygen atoms in total. The van der Waals surface area contributed by atoms with Crippen molar-refractivity contribution < 1.29 is 0 Å². The summed E-state index contributed by atoms with van der Waals surface area (Å²) < 4.78 is 0. The Morgan fingerprint density at radius 3 is 1.74 bits per heavy atom. The summed E-state index contributed by atoms with van der Waals surface area (Å²) in [6, 6.07) is 0.802. The third kappa shape index (κ3) is 3.91. The zero-order chi connectivity index (χ0) is 24.5. The van der Waals surface area contributed by atoms with Gasteiger partial charge >= 0.3 is 0 Å². The largest absolute Gasteiger partial charge is 0.314 e. The molecule has 0 aromatic rings.